The summed E-state index contributed by atoms with van der Waals surface area (Å²) in [6.07, 6.45) is -4.11. The Balaban J connectivity index is 1.91. The van der Waals surface area contributed by atoms with E-state index in [1.807, 2.05) is 0 Å². The zero-order valence-electron chi connectivity index (χ0n) is 21.9. The second kappa shape index (κ2) is 12.9. The van der Waals surface area contributed by atoms with Gasteiger partial charge in [0.25, 0.3) is 0 Å². The number of ether oxygens (including phenoxy) is 3. The van der Waals surface area contributed by atoms with Crippen LogP contribution in [0, 0.1) is 6.92 Å². The summed E-state index contributed by atoms with van der Waals surface area (Å²) in [7, 11) is -1.93. The third-order valence-corrected chi connectivity index (χ3v) is 6.74. The minimum absolute atomic E-state index is 0.0349. The summed E-state index contributed by atoms with van der Waals surface area (Å²) >= 11 is 0. The Morgan fingerprint density at radius 3 is 2.54 bits per heavy atom. The van der Waals surface area contributed by atoms with Crippen LogP contribution >= 0.6 is 0 Å². The molecule has 212 valence electrons. The number of hydrogen-bond donors (Lipinski definition) is 0. The minimum Gasteiger partial charge on any atom is -0.484 e. The van der Waals surface area contributed by atoms with Crippen molar-refractivity contribution in [3.8, 4) is 5.75 Å². The number of imidazole rings is 1. The van der Waals surface area contributed by atoms with Crippen LogP contribution in [0.4, 0.5) is 22.8 Å². The fraction of sp³-hybridized carbons (Fsp3) is 0.440. The molecule has 0 spiro atoms. The standard InChI is InChI=1S/C25H29F3N4O6S/c1-5-36-24(34)37-13-12-31(16(2)3)23(33)32-20-9-7-6-8-18(20)30-22(32)39(35)14-19-17(4)21(10-11-29-19)38-15-25(26,27)28/h6-11,16H,5,12-15H2,1-4H3/t39-/m1/s1. The molecule has 0 radical (unpaired) electrons. The maximum atomic E-state index is 13.7. The number of aromatic nitrogens is 3. The van der Waals surface area contributed by atoms with E-state index >= 15 is 0 Å². The fourth-order valence-electron chi connectivity index (χ4n) is 3.64. The minimum atomic E-state index is -4.52. The molecule has 2 aromatic heterocycles. The van der Waals surface area contributed by atoms with E-state index in [1.165, 1.54) is 28.7 Å². The molecule has 10 nitrogen and oxygen atoms in total. The Bertz CT molecular complexity index is 1350. The topological polar surface area (TPSA) is 113 Å². The van der Waals surface area contributed by atoms with Crippen molar-refractivity contribution in [2.24, 2.45) is 0 Å². The van der Waals surface area contributed by atoms with Crippen LogP contribution in [-0.2, 0) is 26.0 Å². The highest BCUT2D eigenvalue weighted by molar-refractivity contribution is 7.84. The monoisotopic (exact) mass is 570 g/mol. The molecular formula is C25H29F3N4O6S. The van der Waals surface area contributed by atoms with Gasteiger partial charge in [-0.05, 0) is 45.9 Å². The molecule has 0 aliphatic rings. The second-order valence-corrected chi connectivity index (χ2v) is 9.94. The lowest BCUT2D eigenvalue weighted by Crippen LogP contribution is -2.42. The van der Waals surface area contributed by atoms with Crippen LogP contribution < -0.4 is 4.74 Å². The van der Waals surface area contributed by atoms with Gasteiger partial charge in [-0.15, -0.1) is 0 Å². The van der Waals surface area contributed by atoms with Gasteiger partial charge >= 0.3 is 18.4 Å². The van der Waals surface area contributed by atoms with Gasteiger partial charge in [-0.1, -0.05) is 12.1 Å². The average Bonchev–Trinajstić information content (AvgIpc) is 3.26. The molecule has 3 aromatic rings. The highest BCUT2D eigenvalue weighted by Gasteiger charge is 2.30. The van der Waals surface area contributed by atoms with Crippen molar-refractivity contribution in [1.29, 1.82) is 0 Å². The number of hydrogen-bond acceptors (Lipinski definition) is 8. The quantitative estimate of drug-likeness (QED) is 0.318. The van der Waals surface area contributed by atoms with Gasteiger partial charge < -0.3 is 19.1 Å². The van der Waals surface area contributed by atoms with Gasteiger partial charge in [0.2, 0.25) is 5.16 Å². The molecule has 0 unspecified atom stereocenters. The van der Waals surface area contributed by atoms with Crippen molar-refractivity contribution in [2.75, 3.05) is 26.4 Å². The first-order chi connectivity index (χ1) is 18.4. The number of rotatable bonds is 10. The Morgan fingerprint density at radius 2 is 1.87 bits per heavy atom. The molecule has 0 saturated heterocycles. The molecule has 1 atom stereocenters. The third-order valence-electron chi connectivity index (χ3n) is 5.53. The van der Waals surface area contributed by atoms with Crippen molar-refractivity contribution < 1.29 is 41.2 Å². The molecule has 2 heterocycles. The largest absolute Gasteiger partial charge is 0.508 e. The number of nitrogens with zero attached hydrogens (tertiary/aromatic N) is 4. The van der Waals surface area contributed by atoms with Crippen molar-refractivity contribution in [3.63, 3.8) is 0 Å². The molecule has 0 N–H and O–H groups in total. The van der Waals surface area contributed by atoms with Crippen molar-refractivity contribution in [1.82, 2.24) is 19.4 Å². The summed E-state index contributed by atoms with van der Waals surface area (Å²) in [5.74, 6) is -0.259. The van der Waals surface area contributed by atoms with E-state index in [9.17, 15) is 27.0 Å². The Labute approximate surface area is 225 Å². The molecule has 0 fully saturated rings. The number of para-hydroxylation sites is 2. The highest BCUT2D eigenvalue weighted by Crippen LogP contribution is 2.26. The smallest absolute Gasteiger partial charge is 0.484 e. The molecule has 0 aliphatic carbocycles. The van der Waals surface area contributed by atoms with Crippen LogP contribution in [0.5, 0.6) is 5.75 Å². The first-order valence-corrected chi connectivity index (χ1v) is 13.3. The first kappa shape index (κ1) is 29.9. The number of halogens is 3. The predicted octanol–water partition coefficient (Wildman–Crippen LogP) is 4.84. The molecule has 0 bridgehead atoms. The molecule has 3 rings (SSSR count). The van der Waals surface area contributed by atoms with E-state index in [4.69, 9.17) is 14.2 Å². The van der Waals surface area contributed by atoms with E-state index in [0.29, 0.717) is 16.6 Å². The van der Waals surface area contributed by atoms with Crippen LogP contribution in [-0.4, -0.2) is 74.4 Å². The lowest BCUT2D eigenvalue weighted by Gasteiger charge is -2.27. The normalized spacial score (nSPS) is 12.4. The highest BCUT2D eigenvalue weighted by atomic mass is 32.2. The molecule has 39 heavy (non-hydrogen) atoms. The number of amides is 1. The zero-order valence-corrected chi connectivity index (χ0v) is 22.7. The van der Waals surface area contributed by atoms with Gasteiger partial charge in [-0.25, -0.2) is 19.1 Å². The maximum absolute atomic E-state index is 13.7. The number of benzene rings is 1. The summed E-state index contributed by atoms with van der Waals surface area (Å²) < 4.78 is 67.3. The van der Waals surface area contributed by atoms with Gasteiger partial charge in [-0.2, -0.15) is 13.2 Å². The van der Waals surface area contributed by atoms with E-state index in [2.05, 4.69) is 9.97 Å². The molecule has 1 amide bonds. The molecule has 0 saturated carbocycles. The van der Waals surface area contributed by atoms with Crippen molar-refractivity contribution in [2.45, 2.75) is 50.8 Å². The summed E-state index contributed by atoms with van der Waals surface area (Å²) in [6.45, 7) is 5.29. The number of carbonyl (C=O) groups is 2. The number of carbonyl (C=O) groups excluding carboxylic acids is 2. The molecule has 14 heteroatoms. The zero-order chi connectivity index (χ0) is 28.7. The summed E-state index contributed by atoms with van der Waals surface area (Å²) in [4.78, 5) is 35.3. The number of alkyl halides is 3. The molecular weight excluding hydrogens is 541 g/mol. The Morgan fingerprint density at radius 1 is 1.15 bits per heavy atom. The van der Waals surface area contributed by atoms with Gasteiger partial charge in [0.1, 0.15) is 12.4 Å². The van der Waals surface area contributed by atoms with Gasteiger partial charge in [0, 0.05) is 17.8 Å². The lowest BCUT2D eigenvalue weighted by atomic mass is 10.2. The summed E-state index contributed by atoms with van der Waals surface area (Å²) in [5, 5.41) is -0.0547. The van der Waals surface area contributed by atoms with Crippen LogP contribution in [0.15, 0.2) is 41.7 Å². The predicted molar refractivity (Wildman–Crippen MR) is 136 cm³/mol. The van der Waals surface area contributed by atoms with E-state index in [0.717, 1.165) is 0 Å². The molecule has 0 aliphatic heterocycles. The Kier molecular flexibility index (Phi) is 9.89. The molecule has 1 aromatic carbocycles. The van der Waals surface area contributed by atoms with Crippen LogP contribution in [0.1, 0.15) is 32.0 Å². The number of pyridine rings is 1. The fourth-order valence-corrected chi connectivity index (χ4v) is 4.89. The summed E-state index contributed by atoms with van der Waals surface area (Å²) in [6, 6.07) is 7.18. The van der Waals surface area contributed by atoms with E-state index in [-0.39, 0.29) is 48.2 Å². The van der Waals surface area contributed by atoms with Crippen molar-refractivity contribution >= 4 is 34.0 Å². The second-order valence-electron chi connectivity index (χ2n) is 8.59. The van der Waals surface area contributed by atoms with Gasteiger partial charge in [0.15, 0.2) is 6.61 Å². The van der Waals surface area contributed by atoms with Gasteiger partial charge in [-0.3, -0.25) is 9.19 Å². The SMILES string of the molecule is CCOC(=O)OCCN(C(=O)n1c([S@](=O)Cc2nccc(OCC(F)(F)F)c2C)nc2ccccc21)C(C)C. The number of fused-ring (bicyclic) bond motifs is 1. The van der Waals surface area contributed by atoms with Crippen molar-refractivity contribution in [3.05, 3.63) is 47.8 Å². The van der Waals surface area contributed by atoms with Crippen LogP contribution in [0.3, 0.4) is 0 Å². The third kappa shape index (κ3) is 7.68. The maximum Gasteiger partial charge on any atom is 0.508 e. The van der Waals surface area contributed by atoms with E-state index in [1.54, 1.807) is 45.0 Å². The van der Waals surface area contributed by atoms with Crippen LogP contribution in [0.25, 0.3) is 11.0 Å². The van der Waals surface area contributed by atoms with Gasteiger partial charge in [0.05, 0.1) is 46.4 Å². The average molecular weight is 571 g/mol. The summed E-state index contributed by atoms with van der Waals surface area (Å²) in [5.41, 5.74) is 1.37. The first-order valence-electron chi connectivity index (χ1n) is 12.0. The van der Waals surface area contributed by atoms with Crippen LogP contribution in [0.2, 0.25) is 0 Å². The Hall–Kier alpha value is -3.68. The van der Waals surface area contributed by atoms with E-state index < -0.39 is 35.8 Å². The lowest BCUT2D eigenvalue weighted by molar-refractivity contribution is -0.153.